The molecule has 0 aromatic heterocycles. The van der Waals surface area contributed by atoms with Gasteiger partial charge in [0.25, 0.3) is 0 Å². The van der Waals surface area contributed by atoms with Gasteiger partial charge in [-0.3, -0.25) is 0 Å². The highest BCUT2D eigenvalue weighted by atomic mass is 32.2. The summed E-state index contributed by atoms with van der Waals surface area (Å²) < 4.78 is 28.7. The van der Waals surface area contributed by atoms with Gasteiger partial charge < -0.3 is 4.18 Å². The van der Waals surface area contributed by atoms with Gasteiger partial charge in [-0.2, -0.15) is 8.42 Å². The Morgan fingerprint density at radius 2 is 1.47 bits per heavy atom. The molecule has 0 N–H and O–H groups in total. The van der Waals surface area contributed by atoms with Gasteiger partial charge in [-0.1, -0.05) is 35.9 Å². The molecule has 2 aromatic rings. The lowest BCUT2D eigenvalue weighted by Gasteiger charge is -2.06. The zero-order valence-corrected chi connectivity index (χ0v) is 10.1. The smallest absolute Gasteiger partial charge is 0.339 e. The van der Waals surface area contributed by atoms with Crippen LogP contribution in [0.2, 0.25) is 0 Å². The van der Waals surface area contributed by atoms with Gasteiger partial charge in [0, 0.05) is 0 Å². The van der Waals surface area contributed by atoms with Crippen LogP contribution < -0.4 is 4.18 Å². The van der Waals surface area contributed by atoms with E-state index in [1.54, 1.807) is 42.5 Å². The van der Waals surface area contributed by atoms with Crippen molar-refractivity contribution in [2.24, 2.45) is 0 Å². The monoisotopic (exact) mass is 248 g/mol. The highest BCUT2D eigenvalue weighted by Crippen LogP contribution is 2.18. The van der Waals surface area contributed by atoms with Gasteiger partial charge in [-0.15, -0.1) is 0 Å². The molecule has 17 heavy (non-hydrogen) atoms. The van der Waals surface area contributed by atoms with E-state index in [4.69, 9.17) is 4.18 Å². The van der Waals surface area contributed by atoms with Gasteiger partial charge in [0.2, 0.25) is 0 Å². The lowest BCUT2D eigenvalue weighted by atomic mass is 10.2. The average Bonchev–Trinajstić information content (AvgIpc) is 2.33. The first kappa shape index (κ1) is 11.7. The van der Waals surface area contributed by atoms with E-state index in [2.05, 4.69) is 0 Å². The minimum absolute atomic E-state index is 0.153. The Hall–Kier alpha value is -1.81. The van der Waals surface area contributed by atoms with Gasteiger partial charge in [0.1, 0.15) is 10.6 Å². The molecule has 0 unspecified atom stereocenters. The number of rotatable bonds is 3. The Bertz CT molecular complexity index is 586. The third-order valence-corrected chi connectivity index (χ3v) is 3.52. The molecule has 0 amide bonds. The maximum absolute atomic E-state index is 11.9. The Kier molecular flexibility index (Phi) is 3.15. The maximum atomic E-state index is 11.9. The molecule has 0 fully saturated rings. The molecule has 4 heteroatoms. The number of aryl methyl sites for hydroxylation is 1. The predicted octanol–water partition coefficient (Wildman–Crippen LogP) is 2.76. The van der Waals surface area contributed by atoms with Crippen molar-refractivity contribution in [1.29, 1.82) is 0 Å². The standard InChI is InChI=1S/C13H12O3S/c1-11-7-9-12(10-8-11)16-17(14,15)13-5-3-2-4-6-13/h2-10H,1H3. The van der Waals surface area contributed by atoms with Crippen LogP contribution in [0.3, 0.4) is 0 Å². The van der Waals surface area contributed by atoms with Crippen LogP contribution in [0.5, 0.6) is 5.75 Å². The van der Waals surface area contributed by atoms with Crippen LogP contribution in [0.25, 0.3) is 0 Å². The van der Waals surface area contributed by atoms with E-state index >= 15 is 0 Å². The van der Waals surface area contributed by atoms with Gasteiger partial charge in [0.05, 0.1) is 0 Å². The third-order valence-electron chi connectivity index (χ3n) is 2.26. The molecule has 2 rings (SSSR count). The molecule has 0 saturated heterocycles. The van der Waals surface area contributed by atoms with Crippen molar-refractivity contribution in [3.63, 3.8) is 0 Å². The molecule has 0 bridgehead atoms. The van der Waals surface area contributed by atoms with Crippen molar-refractivity contribution < 1.29 is 12.6 Å². The summed E-state index contributed by atoms with van der Waals surface area (Å²) in [6, 6.07) is 15.0. The van der Waals surface area contributed by atoms with Crippen molar-refractivity contribution in [1.82, 2.24) is 0 Å². The highest BCUT2D eigenvalue weighted by Gasteiger charge is 2.15. The lowest BCUT2D eigenvalue weighted by molar-refractivity contribution is 0.486. The average molecular weight is 248 g/mol. The first-order valence-electron chi connectivity index (χ1n) is 5.14. The molecule has 0 aliphatic rings. The normalized spacial score (nSPS) is 11.1. The van der Waals surface area contributed by atoms with E-state index in [0.717, 1.165) is 5.56 Å². The predicted molar refractivity (Wildman–Crippen MR) is 65.4 cm³/mol. The SMILES string of the molecule is Cc1ccc(OS(=O)(=O)c2ccccc2)cc1. The first-order chi connectivity index (χ1) is 8.08. The van der Waals surface area contributed by atoms with E-state index < -0.39 is 10.1 Å². The fourth-order valence-electron chi connectivity index (χ4n) is 1.36. The van der Waals surface area contributed by atoms with E-state index in [-0.39, 0.29) is 4.90 Å². The van der Waals surface area contributed by atoms with Crippen molar-refractivity contribution in [3.05, 3.63) is 60.2 Å². The van der Waals surface area contributed by atoms with E-state index in [9.17, 15) is 8.42 Å². The Balaban J connectivity index is 2.27. The minimum Gasteiger partial charge on any atom is -0.379 e. The molecule has 2 aromatic carbocycles. The molecule has 0 radical (unpaired) electrons. The first-order valence-corrected chi connectivity index (χ1v) is 6.55. The van der Waals surface area contributed by atoms with Gasteiger partial charge >= 0.3 is 10.1 Å². The van der Waals surface area contributed by atoms with Crippen LogP contribution >= 0.6 is 0 Å². The zero-order chi connectivity index (χ0) is 12.3. The third kappa shape index (κ3) is 2.85. The summed E-state index contributed by atoms with van der Waals surface area (Å²) in [6.45, 7) is 1.93. The largest absolute Gasteiger partial charge is 0.379 e. The molecule has 3 nitrogen and oxygen atoms in total. The molecule has 0 aliphatic heterocycles. The summed E-state index contributed by atoms with van der Waals surface area (Å²) in [5, 5.41) is 0. The molecule has 88 valence electrons. The van der Waals surface area contributed by atoms with Crippen molar-refractivity contribution >= 4 is 10.1 Å². The van der Waals surface area contributed by atoms with Crippen molar-refractivity contribution in [2.45, 2.75) is 11.8 Å². The summed E-state index contributed by atoms with van der Waals surface area (Å²) in [4.78, 5) is 0.153. The highest BCUT2D eigenvalue weighted by molar-refractivity contribution is 7.87. The molecule has 0 spiro atoms. The van der Waals surface area contributed by atoms with Gasteiger partial charge in [-0.25, -0.2) is 0 Å². The minimum atomic E-state index is -3.73. The van der Waals surface area contributed by atoms with Crippen LogP contribution in [0, 0.1) is 6.92 Å². The summed E-state index contributed by atoms with van der Waals surface area (Å²) in [6.07, 6.45) is 0. The molecular weight excluding hydrogens is 236 g/mol. The molecule has 0 atom stereocenters. The maximum Gasteiger partial charge on any atom is 0.339 e. The lowest BCUT2D eigenvalue weighted by Crippen LogP contribution is -2.09. The van der Waals surface area contributed by atoms with Crippen LogP contribution in [0.1, 0.15) is 5.56 Å². The quantitative estimate of drug-likeness (QED) is 0.784. The van der Waals surface area contributed by atoms with E-state index in [1.807, 2.05) is 6.92 Å². The second-order valence-electron chi connectivity index (χ2n) is 3.66. The second kappa shape index (κ2) is 4.59. The Morgan fingerprint density at radius 1 is 0.882 bits per heavy atom. The van der Waals surface area contributed by atoms with Gasteiger partial charge in [0.15, 0.2) is 0 Å². The van der Waals surface area contributed by atoms with Crippen molar-refractivity contribution in [2.75, 3.05) is 0 Å². The summed E-state index contributed by atoms with van der Waals surface area (Å²) in [7, 11) is -3.73. The topological polar surface area (TPSA) is 43.4 Å². The summed E-state index contributed by atoms with van der Waals surface area (Å²) in [5.74, 6) is 0.319. The van der Waals surface area contributed by atoms with Crippen LogP contribution in [-0.2, 0) is 10.1 Å². The molecular formula is C13H12O3S. The number of hydrogen-bond acceptors (Lipinski definition) is 3. The fourth-order valence-corrected chi connectivity index (χ4v) is 2.31. The van der Waals surface area contributed by atoms with Crippen LogP contribution in [0.15, 0.2) is 59.5 Å². The zero-order valence-electron chi connectivity index (χ0n) is 9.33. The molecule has 0 heterocycles. The van der Waals surface area contributed by atoms with Crippen LogP contribution in [-0.4, -0.2) is 8.42 Å². The van der Waals surface area contributed by atoms with E-state index in [1.165, 1.54) is 12.1 Å². The number of benzene rings is 2. The number of hydrogen-bond donors (Lipinski definition) is 0. The van der Waals surface area contributed by atoms with Gasteiger partial charge in [-0.05, 0) is 31.2 Å². The van der Waals surface area contributed by atoms with E-state index in [0.29, 0.717) is 5.75 Å². The fraction of sp³-hybridized carbons (Fsp3) is 0.0769. The molecule has 0 saturated carbocycles. The summed E-state index contributed by atoms with van der Waals surface area (Å²) in [5.41, 5.74) is 1.05. The second-order valence-corrected chi connectivity index (χ2v) is 5.21. The molecule has 0 aliphatic carbocycles. The Labute approximate surface area is 101 Å². The van der Waals surface area contributed by atoms with Crippen molar-refractivity contribution in [3.8, 4) is 5.75 Å². The summed E-state index contributed by atoms with van der Waals surface area (Å²) >= 11 is 0. The van der Waals surface area contributed by atoms with Crippen LogP contribution in [0.4, 0.5) is 0 Å². The Morgan fingerprint density at radius 3 is 2.06 bits per heavy atom.